The number of rotatable bonds is 8. The van der Waals surface area contributed by atoms with Gasteiger partial charge in [-0.3, -0.25) is 14.4 Å². The van der Waals surface area contributed by atoms with Crippen molar-refractivity contribution in [2.24, 2.45) is 11.8 Å². The second-order valence-corrected chi connectivity index (χ2v) is 15.8. The molecule has 2 atom stereocenters. The molecule has 5 N–H and O–H groups in total. The summed E-state index contributed by atoms with van der Waals surface area (Å²) in [6.45, 7) is 0. The van der Waals surface area contributed by atoms with Gasteiger partial charge in [0.2, 0.25) is 0 Å². The van der Waals surface area contributed by atoms with E-state index in [2.05, 4.69) is 35.2 Å². The summed E-state index contributed by atoms with van der Waals surface area (Å²) in [7, 11) is 2.84. The normalized spacial score (nSPS) is 14.4. The van der Waals surface area contributed by atoms with Crippen LogP contribution in [0.25, 0.3) is 68.3 Å². The smallest absolute Gasteiger partial charge is 0.337 e. The van der Waals surface area contributed by atoms with E-state index in [1.165, 1.54) is 25.3 Å². The fraction of sp³-hybridized carbons (Fsp3) is 0.0741. The van der Waals surface area contributed by atoms with Gasteiger partial charge in [-0.25, -0.2) is 34.7 Å². The Morgan fingerprint density at radius 3 is 1.37 bits per heavy atom. The van der Waals surface area contributed by atoms with Crippen LogP contribution in [0.3, 0.4) is 0 Å². The molecule has 2 aliphatic rings. The molecule has 16 nitrogen and oxygen atoms in total. The van der Waals surface area contributed by atoms with E-state index < -0.39 is 23.6 Å². The zero-order valence-corrected chi connectivity index (χ0v) is 37.2. The lowest BCUT2D eigenvalue weighted by Gasteiger charge is -2.29. The van der Waals surface area contributed by atoms with Crippen LogP contribution in [0.1, 0.15) is 41.4 Å². The molecule has 344 valence electrons. The summed E-state index contributed by atoms with van der Waals surface area (Å²) in [5.74, 6) is -2.10. The Hall–Kier alpha value is -9.70. The quantitative estimate of drug-likeness (QED) is 0.0897. The predicted octanol–water partition coefficient (Wildman–Crippen LogP) is 8.45. The van der Waals surface area contributed by atoms with Crippen molar-refractivity contribution in [3.05, 3.63) is 180 Å². The van der Waals surface area contributed by atoms with Gasteiger partial charge >= 0.3 is 5.97 Å². The van der Waals surface area contributed by atoms with Gasteiger partial charge in [-0.15, -0.1) is 0 Å². The molecule has 0 fully saturated rings. The number of aromatic hydroxyl groups is 4. The van der Waals surface area contributed by atoms with Gasteiger partial charge in [0, 0.05) is 29.3 Å². The van der Waals surface area contributed by atoms with E-state index >= 15 is 0 Å². The molecule has 2 heterocycles. The SMILES string of the molecule is CNC(=O)c1cccc(-c2nc(-c3ccccc3O)nc(-c3ccccc3O)n2)c1.COC(=O)c1cccc(-c2nc(-c3ccccc3O)nc(-c3ccc4c(c3O)C(=O)C3C=CC=CC3C4=O)n2)c1. The number of phenols is 4. The van der Waals surface area contributed by atoms with Crippen molar-refractivity contribution in [3.63, 3.8) is 0 Å². The second-order valence-electron chi connectivity index (χ2n) is 15.8. The second kappa shape index (κ2) is 19.3. The van der Waals surface area contributed by atoms with Crippen molar-refractivity contribution < 1.29 is 44.3 Å². The number of fused-ring (bicyclic) bond motifs is 2. The monoisotopic (exact) mass is 929 g/mol. The maximum Gasteiger partial charge on any atom is 0.337 e. The number of methoxy groups -OCH3 is 1. The molecule has 10 rings (SSSR count). The third kappa shape index (κ3) is 8.82. The van der Waals surface area contributed by atoms with Crippen LogP contribution in [0.5, 0.6) is 23.0 Å². The van der Waals surface area contributed by atoms with Crippen molar-refractivity contribution in [1.29, 1.82) is 0 Å². The van der Waals surface area contributed by atoms with E-state index in [1.807, 2.05) is 0 Å². The number of allylic oxidation sites excluding steroid dienone is 4. The summed E-state index contributed by atoms with van der Waals surface area (Å²) in [5.41, 5.74) is 3.12. The lowest BCUT2D eigenvalue weighted by Crippen LogP contribution is -2.35. The minimum atomic E-state index is -0.710. The zero-order valence-electron chi connectivity index (χ0n) is 37.2. The van der Waals surface area contributed by atoms with Crippen molar-refractivity contribution in [1.82, 2.24) is 35.2 Å². The topological polar surface area (TPSA) is 248 Å². The van der Waals surface area contributed by atoms with Crippen LogP contribution in [-0.2, 0) is 4.74 Å². The summed E-state index contributed by atoms with van der Waals surface area (Å²) in [4.78, 5) is 77.9. The number of esters is 1. The lowest BCUT2D eigenvalue weighted by atomic mass is 9.71. The molecule has 2 unspecified atom stereocenters. The number of carbonyl (C=O) groups excluding carboxylic acids is 4. The van der Waals surface area contributed by atoms with Crippen molar-refractivity contribution in [2.75, 3.05) is 14.2 Å². The number of amides is 1. The predicted molar refractivity (Wildman–Crippen MR) is 258 cm³/mol. The number of ketones is 2. The van der Waals surface area contributed by atoms with E-state index in [4.69, 9.17) is 4.74 Å². The Bertz CT molecular complexity index is 3420. The average Bonchev–Trinajstić information content (AvgIpc) is 3.40. The number of para-hydroxylation sites is 3. The summed E-state index contributed by atoms with van der Waals surface area (Å²) < 4.78 is 4.83. The van der Waals surface area contributed by atoms with E-state index in [0.29, 0.717) is 39.2 Å². The van der Waals surface area contributed by atoms with Gasteiger partial charge in [0.1, 0.15) is 23.0 Å². The molecule has 1 amide bonds. The van der Waals surface area contributed by atoms with E-state index in [0.717, 1.165) is 0 Å². The Balaban J connectivity index is 0.000000181. The Morgan fingerprint density at radius 1 is 0.486 bits per heavy atom. The number of hydrogen-bond acceptors (Lipinski definition) is 15. The van der Waals surface area contributed by atoms with Crippen LogP contribution in [0.2, 0.25) is 0 Å². The molecule has 0 aliphatic heterocycles. The molecule has 16 heteroatoms. The van der Waals surface area contributed by atoms with Gasteiger partial charge in [-0.2, -0.15) is 0 Å². The van der Waals surface area contributed by atoms with Crippen LogP contribution in [0.4, 0.5) is 0 Å². The molecule has 0 bridgehead atoms. The maximum absolute atomic E-state index is 13.4. The maximum atomic E-state index is 13.4. The van der Waals surface area contributed by atoms with Crippen LogP contribution in [-0.4, -0.2) is 87.9 Å². The largest absolute Gasteiger partial charge is 0.507 e. The van der Waals surface area contributed by atoms with Gasteiger partial charge in [-0.05, 0) is 72.8 Å². The summed E-state index contributed by atoms with van der Waals surface area (Å²) in [5, 5.41) is 45.1. The van der Waals surface area contributed by atoms with Gasteiger partial charge < -0.3 is 30.5 Å². The van der Waals surface area contributed by atoms with Crippen LogP contribution < -0.4 is 5.32 Å². The van der Waals surface area contributed by atoms with Crippen molar-refractivity contribution in [2.45, 2.75) is 0 Å². The molecule has 8 aromatic rings. The first kappa shape index (κ1) is 45.5. The molecule has 0 saturated heterocycles. The standard InChI is InChI=1S/C31H21N3O6.C23H18N4O3/c1-40-31(39)17-8-6-7-16(15-17)28-32-29(20-11-4-5-12-23(20)35)34-30(33-28)22-14-13-21-24(27(22)38)26(37)19-10-3-2-9-18(19)25(21)36;1-24-23(30)15-8-6-7-14(13-15)20-25-21(16-9-2-4-11-18(16)28)27-22(26-20)17-10-3-5-12-19(17)29/h2-15,18-19,35,38H,1H3;2-13,28-29H,1H3,(H,24,30). The van der Waals surface area contributed by atoms with Crippen LogP contribution in [0.15, 0.2) is 158 Å². The number of Topliss-reactive ketones (excluding diaryl/α,β-unsaturated/α-hetero) is 2. The summed E-state index contributed by atoms with van der Waals surface area (Å²) in [6.07, 6.45) is 6.79. The number of nitrogens with one attached hydrogen (secondary N) is 1. The fourth-order valence-corrected chi connectivity index (χ4v) is 8.01. The van der Waals surface area contributed by atoms with Crippen molar-refractivity contribution in [3.8, 4) is 91.3 Å². The first-order valence-electron chi connectivity index (χ1n) is 21.6. The molecule has 0 saturated carbocycles. The number of nitrogens with zero attached hydrogens (tertiary/aromatic N) is 6. The highest BCUT2D eigenvalue weighted by molar-refractivity contribution is 6.19. The van der Waals surface area contributed by atoms with Crippen molar-refractivity contribution >= 4 is 23.4 Å². The number of phenolic OH excluding ortho intramolecular Hbond substituents is 4. The number of ether oxygens (including phenoxy) is 1. The highest BCUT2D eigenvalue weighted by Crippen LogP contribution is 2.42. The average molecular weight is 930 g/mol. The number of benzene rings is 6. The number of aromatic nitrogens is 6. The first-order chi connectivity index (χ1) is 33.9. The van der Waals surface area contributed by atoms with Gasteiger partial charge in [0.05, 0.1) is 52.3 Å². The third-order valence-corrected chi connectivity index (χ3v) is 11.5. The summed E-state index contributed by atoms with van der Waals surface area (Å²) in [6, 6.07) is 36.3. The number of carbonyl (C=O) groups is 4. The third-order valence-electron chi connectivity index (χ3n) is 11.5. The van der Waals surface area contributed by atoms with Gasteiger partial charge in [-0.1, -0.05) is 85.0 Å². The first-order valence-corrected chi connectivity index (χ1v) is 21.6. The molecule has 0 spiro atoms. The summed E-state index contributed by atoms with van der Waals surface area (Å²) >= 11 is 0. The number of hydrogen-bond donors (Lipinski definition) is 5. The molecule has 6 aromatic carbocycles. The Kier molecular flexibility index (Phi) is 12.5. The highest BCUT2D eigenvalue weighted by Gasteiger charge is 2.42. The molecule has 2 aromatic heterocycles. The highest BCUT2D eigenvalue weighted by atomic mass is 16.5. The van der Waals surface area contributed by atoms with E-state index in [9.17, 15) is 39.6 Å². The van der Waals surface area contributed by atoms with Crippen LogP contribution in [0, 0.1) is 11.8 Å². The Morgan fingerprint density at radius 2 is 0.900 bits per heavy atom. The minimum Gasteiger partial charge on any atom is -0.507 e. The molecular weight excluding hydrogens is 891 g/mol. The zero-order chi connectivity index (χ0) is 49.1. The fourth-order valence-electron chi connectivity index (χ4n) is 8.01. The van der Waals surface area contributed by atoms with Crippen LogP contribution >= 0.6 is 0 Å². The Labute approximate surface area is 399 Å². The van der Waals surface area contributed by atoms with Gasteiger partial charge in [0.15, 0.2) is 46.5 Å². The molecule has 70 heavy (non-hydrogen) atoms. The molecule has 2 aliphatic carbocycles. The minimum absolute atomic E-state index is 0.00785. The molecular formula is C54H39N7O9. The molecule has 0 radical (unpaired) electrons. The van der Waals surface area contributed by atoms with E-state index in [-0.39, 0.29) is 86.1 Å². The lowest BCUT2D eigenvalue weighted by molar-refractivity contribution is 0.0600. The van der Waals surface area contributed by atoms with Gasteiger partial charge in [0.25, 0.3) is 5.91 Å². The van der Waals surface area contributed by atoms with E-state index in [1.54, 1.807) is 147 Å².